The minimum atomic E-state index is -2.97. The molecule has 1 unspecified atom stereocenters. The zero-order valence-electron chi connectivity index (χ0n) is 19.1. The van der Waals surface area contributed by atoms with Crippen molar-refractivity contribution in [2.24, 2.45) is 5.92 Å². The van der Waals surface area contributed by atoms with Gasteiger partial charge in [0.25, 0.3) is 6.43 Å². The number of aliphatic carboxylic acids is 1. The first-order valence-electron chi connectivity index (χ1n) is 11.7. The van der Waals surface area contributed by atoms with Crippen molar-refractivity contribution in [2.45, 2.75) is 56.5 Å². The van der Waals surface area contributed by atoms with Gasteiger partial charge in [-0.3, -0.25) is 9.59 Å². The zero-order valence-corrected chi connectivity index (χ0v) is 19.1. The van der Waals surface area contributed by atoms with E-state index in [1.807, 2.05) is 48.5 Å². The van der Waals surface area contributed by atoms with Crippen molar-refractivity contribution in [2.75, 3.05) is 6.61 Å². The smallest absolute Gasteiger partial charge is 0.407 e. The third kappa shape index (κ3) is 5.78. The van der Waals surface area contributed by atoms with Gasteiger partial charge in [0, 0.05) is 12.0 Å². The van der Waals surface area contributed by atoms with E-state index >= 15 is 0 Å². The monoisotopic (exact) mass is 486 g/mol. The van der Waals surface area contributed by atoms with E-state index in [0.29, 0.717) is 12.8 Å². The molecule has 0 radical (unpaired) electrons. The number of hydrogen-bond acceptors (Lipinski definition) is 4. The molecule has 186 valence electrons. The van der Waals surface area contributed by atoms with E-state index in [1.165, 1.54) is 0 Å². The summed E-state index contributed by atoms with van der Waals surface area (Å²) in [7, 11) is 0. The third-order valence-electron chi connectivity index (χ3n) is 6.80. The molecule has 4 rings (SSSR count). The lowest BCUT2D eigenvalue weighted by atomic mass is 9.98. The van der Waals surface area contributed by atoms with Gasteiger partial charge < -0.3 is 20.5 Å². The molecule has 2 aliphatic rings. The Labute approximate surface area is 201 Å². The Morgan fingerprint density at radius 2 is 1.63 bits per heavy atom. The van der Waals surface area contributed by atoms with Crippen LogP contribution in [0.1, 0.15) is 49.1 Å². The summed E-state index contributed by atoms with van der Waals surface area (Å²) in [6.07, 6.45) is -2.68. The summed E-state index contributed by atoms with van der Waals surface area (Å²) < 4.78 is 32.5. The molecule has 1 fully saturated rings. The van der Waals surface area contributed by atoms with Crippen LogP contribution in [-0.2, 0) is 14.3 Å². The second-order valence-electron chi connectivity index (χ2n) is 9.08. The number of fused-ring (bicyclic) bond motifs is 3. The Hall–Kier alpha value is -3.49. The average molecular weight is 487 g/mol. The topological polar surface area (TPSA) is 105 Å². The van der Waals surface area contributed by atoms with Gasteiger partial charge in [-0.25, -0.2) is 13.6 Å². The summed E-state index contributed by atoms with van der Waals surface area (Å²) >= 11 is 0. The molecule has 35 heavy (non-hydrogen) atoms. The fourth-order valence-electron chi connectivity index (χ4n) is 5.16. The van der Waals surface area contributed by atoms with Gasteiger partial charge in [0.05, 0.1) is 12.8 Å². The van der Waals surface area contributed by atoms with Gasteiger partial charge in [-0.05, 0) is 41.0 Å². The maximum absolute atomic E-state index is 13.6. The maximum atomic E-state index is 13.6. The van der Waals surface area contributed by atoms with Crippen LogP contribution in [0.2, 0.25) is 0 Å². The van der Waals surface area contributed by atoms with Crippen LogP contribution in [0.25, 0.3) is 11.1 Å². The van der Waals surface area contributed by atoms with Crippen molar-refractivity contribution in [1.29, 1.82) is 0 Å². The largest absolute Gasteiger partial charge is 0.481 e. The molecule has 0 spiro atoms. The Morgan fingerprint density at radius 1 is 1.00 bits per heavy atom. The van der Waals surface area contributed by atoms with Crippen LogP contribution in [0, 0.1) is 5.92 Å². The van der Waals surface area contributed by atoms with E-state index in [2.05, 4.69) is 10.6 Å². The number of carbonyl (C=O) groups excluding carboxylic acids is 2. The van der Waals surface area contributed by atoms with Crippen molar-refractivity contribution >= 4 is 18.0 Å². The maximum Gasteiger partial charge on any atom is 0.407 e. The van der Waals surface area contributed by atoms with Gasteiger partial charge in [-0.1, -0.05) is 55.0 Å². The van der Waals surface area contributed by atoms with E-state index in [-0.39, 0.29) is 30.9 Å². The molecule has 1 saturated carbocycles. The van der Waals surface area contributed by atoms with Gasteiger partial charge in [0.2, 0.25) is 5.91 Å². The van der Waals surface area contributed by atoms with Gasteiger partial charge in [0.1, 0.15) is 12.6 Å². The molecule has 3 N–H and O–H groups in total. The van der Waals surface area contributed by atoms with Crippen LogP contribution in [0.15, 0.2) is 48.5 Å². The predicted molar refractivity (Wildman–Crippen MR) is 124 cm³/mol. The van der Waals surface area contributed by atoms with Crippen molar-refractivity contribution in [3.05, 3.63) is 59.7 Å². The average Bonchev–Trinajstić information content (AvgIpc) is 3.38. The van der Waals surface area contributed by atoms with Crippen molar-refractivity contribution in [3.8, 4) is 11.1 Å². The highest BCUT2D eigenvalue weighted by Crippen LogP contribution is 2.44. The number of amides is 2. The fourth-order valence-corrected chi connectivity index (χ4v) is 5.16. The molecule has 0 aromatic heterocycles. The number of alkyl carbamates (subject to hydrolysis) is 1. The highest BCUT2D eigenvalue weighted by molar-refractivity contribution is 5.80. The predicted octanol–water partition coefficient (Wildman–Crippen LogP) is 4.31. The summed E-state index contributed by atoms with van der Waals surface area (Å²) in [5, 5.41) is 13.8. The molecule has 0 aliphatic heterocycles. The standard InChI is InChI=1S/C26H28F2N2O5/c27-25(28)22(13-23(31)29-21-11-5-6-15(21)12-24(32)33)30-26(34)35-14-20-18-9-3-1-7-16(18)17-8-2-4-10-19(17)20/h1-4,7-10,15,20-22,25H,5-6,11-14H2,(H,29,31)(H,30,34)(H,32,33)/t15-,21+,22?/m0/s1. The van der Waals surface area contributed by atoms with Crippen LogP contribution in [-0.4, -0.2) is 48.2 Å². The Balaban J connectivity index is 1.32. The van der Waals surface area contributed by atoms with Gasteiger partial charge in [-0.2, -0.15) is 0 Å². The SMILES string of the molecule is O=C(O)C[C@@H]1CCC[C@H]1NC(=O)CC(NC(=O)OCC1c2ccccc2-c2ccccc21)C(F)F. The number of carboxylic acid groups (broad SMARTS) is 1. The lowest BCUT2D eigenvalue weighted by molar-refractivity contribution is -0.138. The Kier molecular flexibility index (Phi) is 7.63. The second kappa shape index (κ2) is 10.8. The molecule has 0 heterocycles. The number of carbonyl (C=O) groups is 3. The number of halogens is 2. The van der Waals surface area contributed by atoms with Gasteiger partial charge in [-0.15, -0.1) is 0 Å². The number of rotatable bonds is 9. The molecule has 0 saturated heterocycles. The molecular weight excluding hydrogens is 458 g/mol. The first-order valence-corrected chi connectivity index (χ1v) is 11.7. The first kappa shape index (κ1) is 24.6. The van der Waals surface area contributed by atoms with Crippen molar-refractivity contribution < 1.29 is 33.0 Å². The Bertz CT molecular complexity index is 1050. The molecule has 7 nitrogen and oxygen atoms in total. The summed E-state index contributed by atoms with van der Waals surface area (Å²) in [4.78, 5) is 35.8. The van der Waals surface area contributed by atoms with E-state index in [0.717, 1.165) is 28.7 Å². The fraction of sp³-hybridized carbons (Fsp3) is 0.423. The number of carboxylic acids is 1. The summed E-state index contributed by atoms with van der Waals surface area (Å²) in [6.45, 7) is -0.0268. The van der Waals surface area contributed by atoms with E-state index in [4.69, 9.17) is 9.84 Å². The van der Waals surface area contributed by atoms with Crippen molar-refractivity contribution in [1.82, 2.24) is 10.6 Å². The van der Waals surface area contributed by atoms with Crippen LogP contribution in [0.3, 0.4) is 0 Å². The molecule has 9 heteroatoms. The van der Waals surface area contributed by atoms with E-state index in [1.54, 1.807) is 0 Å². The third-order valence-corrected chi connectivity index (χ3v) is 6.80. The lowest BCUT2D eigenvalue weighted by Crippen LogP contribution is -2.46. The van der Waals surface area contributed by atoms with E-state index < -0.39 is 36.9 Å². The number of nitrogens with one attached hydrogen (secondary N) is 2. The number of benzene rings is 2. The van der Waals surface area contributed by atoms with E-state index in [9.17, 15) is 23.2 Å². The second-order valence-corrected chi connectivity index (χ2v) is 9.08. The quantitative estimate of drug-likeness (QED) is 0.490. The molecule has 2 aromatic carbocycles. The van der Waals surface area contributed by atoms with Crippen molar-refractivity contribution in [3.63, 3.8) is 0 Å². The number of alkyl halides is 2. The van der Waals surface area contributed by atoms with Crippen LogP contribution >= 0.6 is 0 Å². The Morgan fingerprint density at radius 3 is 2.23 bits per heavy atom. The number of hydrogen-bond donors (Lipinski definition) is 3. The number of ether oxygens (including phenoxy) is 1. The minimum Gasteiger partial charge on any atom is -0.481 e. The molecule has 2 aliphatic carbocycles. The zero-order chi connectivity index (χ0) is 24.9. The molecule has 2 aromatic rings. The minimum absolute atomic E-state index is 0.0268. The molecule has 2 amide bonds. The van der Waals surface area contributed by atoms with Gasteiger partial charge >= 0.3 is 12.1 Å². The highest BCUT2D eigenvalue weighted by atomic mass is 19.3. The molecular formula is C26H28F2N2O5. The van der Waals surface area contributed by atoms with Crippen LogP contribution < -0.4 is 10.6 Å². The summed E-state index contributed by atoms with van der Waals surface area (Å²) in [5.74, 6) is -2.05. The molecule has 0 bridgehead atoms. The van der Waals surface area contributed by atoms with Crippen LogP contribution in [0.5, 0.6) is 0 Å². The highest BCUT2D eigenvalue weighted by Gasteiger charge is 2.33. The normalized spacial score (nSPS) is 19.6. The lowest BCUT2D eigenvalue weighted by Gasteiger charge is -2.22. The van der Waals surface area contributed by atoms with Crippen LogP contribution in [0.4, 0.5) is 13.6 Å². The van der Waals surface area contributed by atoms with Gasteiger partial charge in [0.15, 0.2) is 0 Å². The first-order chi connectivity index (χ1) is 16.8. The summed E-state index contributed by atoms with van der Waals surface area (Å²) in [6, 6.07) is 13.5. The summed E-state index contributed by atoms with van der Waals surface area (Å²) in [5.41, 5.74) is 4.09. The molecule has 3 atom stereocenters.